The van der Waals surface area contributed by atoms with Crippen molar-refractivity contribution in [3.63, 3.8) is 0 Å². The SMILES string of the molecule is c1ccc(-c2ccccc2-n2c3ccccc3c3cc(-n4c5ccccc5c5ccc(-n6c7ccccc7c7ccccc76)c([Si](c6ccccc6)(c6ccccc6)c6ccccc6)c54)ccc32)cc1. The van der Waals surface area contributed by atoms with Gasteiger partial charge in [0.25, 0.3) is 0 Å². The van der Waals surface area contributed by atoms with Gasteiger partial charge in [0.2, 0.25) is 0 Å². The summed E-state index contributed by atoms with van der Waals surface area (Å²) in [6.45, 7) is 0. The molecule has 3 aromatic heterocycles. The van der Waals surface area contributed by atoms with E-state index in [0.29, 0.717) is 0 Å². The summed E-state index contributed by atoms with van der Waals surface area (Å²) >= 11 is 0. The van der Waals surface area contributed by atoms with Crippen molar-refractivity contribution in [2.24, 2.45) is 0 Å². The molecule has 0 aliphatic carbocycles. The number of fused-ring (bicyclic) bond motifs is 9. The summed E-state index contributed by atoms with van der Waals surface area (Å²) in [5.41, 5.74) is 13.0. The van der Waals surface area contributed by atoms with E-state index in [1.807, 2.05) is 0 Å². The van der Waals surface area contributed by atoms with Crippen LogP contribution in [0.5, 0.6) is 0 Å². The van der Waals surface area contributed by atoms with Crippen LogP contribution in [0.2, 0.25) is 0 Å². The predicted molar refractivity (Wildman–Crippen MR) is 299 cm³/mol. The van der Waals surface area contributed by atoms with Gasteiger partial charge >= 0.3 is 0 Å². The average molecular weight is 908 g/mol. The average Bonchev–Trinajstić information content (AvgIpc) is 4.08. The molecule has 3 nitrogen and oxygen atoms in total. The third-order valence-corrected chi connectivity index (χ3v) is 19.6. The van der Waals surface area contributed by atoms with Crippen molar-refractivity contribution in [1.82, 2.24) is 13.7 Å². The van der Waals surface area contributed by atoms with Crippen molar-refractivity contribution in [3.05, 3.63) is 273 Å². The molecule has 328 valence electrons. The second-order valence-electron chi connectivity index (χ2n) is 18.4. The Balaban J connectivity index is 1.18. The van der Waals surface area contributed by atoms with Crippen LogP contribution in [0.1, 0.15) is 0 Å². The van der Waals surface area contributed by atoms with Gasteiger partial charge in [0.05, 0.1) is 38.8 Å². The van der Waals surface area contributed by atoms with Gasteiger partial charge in [-0.15, -0.1) is 0 Å². The third kappa shape index (κ3) is 5.87. The predicted octanol–water partition coefficient (Wildman–Crippen LogP) is 14.0. The number of aromatic nitrogens is 3. The molecule has 11 aromatic carbocycles. The van der Waals surface area contributed by atoms with Crippen LogP contribution in [0.4, 0.5) is 0 Å². The highest BCUT2D eigenvalue weighted by Gasteiger charge is 2.46. The van der Waals surface area contributed by atoms with Crippen LogP contribution in [0, 0.1) is 0 Å². The Bertz CT molecular complexity index is 4130. The van der Waals surface area contributed by atoms with Crippen molar-refractivity contribution in [2.75, 3.05) is 0 Å². The van der Waals surface area contributed by atoms with Crippen molar-refractivity contribution >= 4 is 94.2 Å². The maximum Gasteiger partial charge on any atom is 0.184 e. The fourth-order valence-electron chi connectivity index (χ4n) is 11.9. The molecule has 14 rings (SSSR count). The summed E-state index contributed by atoms with van der Waals surface area (Å²) in [6.07, 6.45) is 0. The molecule has 70 heavy (non-hydrogen) atoms. The molecule has 0 aliphatic rings. The molecule has 0 N–H and O–H groups in total. The van der Waals surface area contributed by atoms with Gasteiger partial charge in [0, 0.05) is 54.4 Å². The monoisotopic (exact) mass is 907 g/mol. The van der Waals surface area contributed by atoms with Crippen LogP contribution in [0.3, 0.4) is 0 Å². The molecular formula is C66H45N3Si. The standard InChI is InChI=1S/C66H45N3Si/c1-5-23-46(24-6-1)51-31-13-18-36-58(51)68-62-40-22-17-35-55(62)57-45-47(41-43-63(57)68)67-59-37-19-16-34-54(59)56-42-44-64(69-60-38-20-14-32-52(60)53-33-15-21-39-61(53)69)66(65(56)67)70(48-25-7-2-8-26-48,49-27-9-3-10-28-49)50-29-11-4-12-30-50/h1-45H. The zero-order chi connectivity index (χ0) is 46.2. The van der Waals surface area contributed by atoms with Crippen LogP contribution in [-0.2, 0) is 0 Å². The van der Waals surface area contributed by atoms with Gasteiger partial charge in [-0.25, -0.2) is 0 Å². The zero-order valence-corrected chi connectivity index (χ0v) is 39.3. The van der Waals surface area contributed by atoms with E-state index in [1.165, 1.54) is 103 Å². The molecule has 0 saturated carbocycles. The van der Waals surface area contributed by atoms with E-state index < -0.39 is 8.07 Å². The van der Waals surface area contributed by atoms with Gasteiger partial charge in [0.15, 0.2) is 8.07 Å². The molecule has 0 amide bonds. The first kappa shape index (κ1) is 40.1. The van der Waals surface area contributed by atoms with E-state index in [-0.39, 0.29) is 0 Å². The largest absolute Gasteiger partial charge is 0.309 e. The number of hydrogen-bond donors (Lipinski definition) is 0. The van der Waals surface area contributed by atoms with Gasteiger partial charge in [-0.05, 0) is 75.7 Å². The molecule has 0 unspecified atom stereocenters. The lowest BCUT2D eigenvalue weighted by Gasteiger charge is -2.37. The first-order chi connectivity index (χ1) is 34.8. The fraction of sp³-hybridized carbons (Fsp3) is 0. The van der Waals surface area contributed by atoms with Crippen molar-refractivity contribution in [2.45, 2.75) is 0 Å². The second-order valence-corrected chi connectivity index (χ2v) is 22.1. The Hall–Kier alpha value is -8.96. The van der Waals surface area contributed by atoms with E-state index in [4.69, 9.17) is 0 Å². The van der Waals surface area contributed by atoms with Gasteiger partial charge in [-0.1, -0.05) is 218 Å². The van der Waals surface area contributed by atoms with Gasteiger partial charge < -0.3 is 13.7 Å². The fourth-order valence-corrected chi connectivity index (χ4v) is 17.1. The zero-order valence-electron chi connectivity index (χ0n) is 38.3. The van der Waals surface area contributed by atoms with E-state index in [9.17, 15) is 0 Å². The normalized spacial score (nSPS) is 12.0. The molecule has 0 aliphatic heterocycles. The Morgan fingerprint density at radius 1 is 0.257 bits per heavy atom. The number of para-hydroxylation sites is 5. The summed E-state index contributed by atoms with van der Waals surface area (Å²) in [4.78, 5) is 0. The Labute approximate surface area is 407 Å². The summed E-state index contributed by atoms with van der Waals surface area (Å²) in [7, 11) is -3.29. The molecule has 14 aromatic rings. The Morgan fingerprint density at radius 2 is 0.657 bits per heavy atom. The lowest BCUT2D eigenvalue weighted by Crippen LogP contribution is -2.75. The maximum absolute atomic E-state index is 3.29. The highest BCUT2D eigenvalue weighted by atomic mass is 28.3. The van der Waals surface area contributed by atoms with E-state index >= 15 is 0 Å². The molecule has 0 spiro atoms. The number of benzene rings is 11. The van der Waals surface area contributed by atoms with Crippen molar-refractivity contribution in [1.29, 1.82) is 0 Å². The first-order valence-corrected chi connectivity index (χ1v) is 26.2. The number of rotatable bonds is 8. The van der Waals surface area contributed by atoms with Crippen molar-refractivity contribution in [3.8, 4) is 28.2 Å². The molecule has 0 radical (unpaired) electrons. The van der Waals surface area contributed by atoms with Crippen LogP contribution in [0.15, 0.2) is 273 Å². The smallest absolute Gasteiger partial charge is 0.184 e. The molecule has 4 heteroatoms. The molecule has 0 bridgehead atoms. The third-order valence-electron chi connectivity index (χ3n) is 14.8. The summed E-state index contributed by atoms with van der Waals surface area (Å²) in [5, 5.41) is 12.7. The minimum absolute atomic E-state index is 1.12. The molecule has 0 atom stereocenters. The first-order valence-electron chi connectivity index (χ1n) is 24.2. The van der Waals surface area contributed by atoms with Crippen LogP contribution in [-0.4, -0.2) is 21.8 Å². The molecule has 3 heterocycles. The van der Waals surface area contributed by atoms with Crippen molar-refractivity contribution < 1.29 is 0 Å². The Kier molecular flexibility index (Phi) is 9.23. The van der Waals surface area contributed by atoms with Crippen LogP contribution in [0.25, 0.3) is 93.6 Å². The maximum atomic E-state index is 2.61. The van der Waals surface area contributed by atoms with E-state index in [2.05, 4.69) is 287 Å². The van der Waals surface area contributed by atoms with E-state index in [0.717, 1.165) is 11.4 Å². The minimum Gasteiger partial charge on any atom is -0.309 e. The van der Waals surface area contributed by atoms with Crippen LogP contribution < -0.4 is 20.7 Å². The highest BCUT2D eigenvalue weighted by Crippen LogP contribution is 2.41. The molecule has 0 saturated heterocycles. The highest BCUT2D eigenvalue weighted by molar-refractivity contribution is 7.21. The van der Waals surface area contributed by atoms with Gasteiger partial charge in [0.1, 0.15) is 0 Å². The summed E-state index contributed by atoms with van der Waals surface area (Å²) < 4.78 is 7.64. The van der Waals surface area contributed by atoms with Gasteiger partial charge in [-0.3, -0.25) is 0 Å². The minimum atomic E-state index is -3.29. The Morgan fingerprint density at radius 3 is 1.20 bits per heavy atom. The summed E-state index contributed by atoms with van der Waals surface area (Å²) in [5.74, 6) is 0. The number of nitrogens with zero attached hydrogens (tertiary/aromatic N) is 3. The molecule has 0 fully saturated rings. The van der Waals surface area contributed by atoms with E-state index in [1.54, 1.807) is 0 Å². The number of hydrogen-bond acceptors (Lipinski definition) is 0. The van der Waals surface area contributed by atoms with Crippen LogP contribution >= 0.6 is 0 Å². The summed E-state index contributed by atoms with van der Waals surface area (Å²) in [6, 6.07) is 102. The van der Waals surface area contributed by atoms with Gasteiger partial charge in [-0.2, -0.15) is 0 Å². The quantitative estimate of drug-likeness (QED) is 0.107. The topological polar surface area (TPSA) is 14.8 Å². The molecular weight excluding hydrogens is 863 g/mol. The lowest BCUT2D eigenvalue weighted by molar-refractivity contribution is 1.16. The lowest BCUT2D eigenvalue weighted by atomic mass is 10.0. The second kappa shape index (κ2) is 16.1.